The number of aliphatic imine (C=N–C) groups is 1. The fourth-order valence-electron chi connectivity index (χ4n) is 2.96. The number of rotatable bonds is 5. The molecule has 0 atom stereocenters. The number of piperidine rings is 1. The molecule has 2 heterocycles. The fourth-order valence-corrected chi connectivity index (χ4v) is 3.77. The van der Waals surface area contributed by atoms with Crippen molar-refractivity contribution < 1.29 is 9.53 Å². The van der Waals surface area contributed by atoms with Gasteiger partial charge in [-0.1, -0.05) is 0 Å². The Labute approximate surface area is 190 Å². The van der Waals surface area contributed by atoms with Crippen molar-refractivity contribution in [1.29, 1.82) is 0 Å². The maximum absolute atomic E-state index is 12.2. The van der Waals surface area contributed by atoms with E-state index in [0.717, 1.165) is 45.0 Å². The molecule has 1 aromatic heterocycles. The molecule has 1 saturated heterocycles. The predicted molar refractivity (Wildman–Crippen MR) is 128 cm³/mol. The van der Waals surface area contributed by atoms with Crippen molar-refractivity contribution in [2.75, 3.05) is 26.2 Å². The molecule has 8 heteroatoms. The number of ether oxygens (including phenoxy) is 1. The number of aryl methyl sites for hydroxylation is 1. The molecule has 1 aliphatic heterocycles. The molecule has 0 saturated carbocycles. The highest BCUT2D eigenvalue weighted by atomic mass is 127. The fraction of sp³-hybridized carbons (Fsp3) is 0.700. The van der Waals surface area contributed by atoms with E-state index in [1.165, 1.54) is 9.75 Å². The van der Waals surface area contributed by atoms with E-state index >= 15 is 0 Å². The summed E-state index contributed by atoms with van der Waals surface area (Å²) < 4.78 is 5.46. The van der Waals surface area contributed by atoms with Crippen molar-refractivity contribution in [2.45, 2.75) is 59.6 Å². The van der Waals surface area contributed by atoms with Crippen molar-refractivity contribution in [3.63, 3.8) is 0 Å². The maximum Gasteiger partial charge on any atom is 0.410 e. The lowest BCUT2D eigenvalue weighted by Crippen LogP contribution is -2.45. The number of carbonyl (C=O) groups excluding carboxylic acids is 1. The standard InChI is InChI=1S/C20H34N4O2S.HI/c1-6-21-18(23-14-17-8-7-15(2)27-17)22-13-16-9-11-24(12-10-16)19(25)26-20(3,4)5;/h7-8,16H,6,9-14H2,1-5H3,(H2,21,22,23);1H. The van der Waals surface area contributed by atoms with Crippen molar-refractivity contribution in [2.24, 2.45) is 10.9 Å². The van der Waals surface area contributed by atoms with Crippen LogP contribution in [0.4, 0.5) is 4.79 Å². The van der Waals surface area contributed by atoms with E-state index < -0.39 is 5.60 Å². The summed E-state index contributed by atoms with van der Waals surface area (Å²) >= 11 is 1.79. The first-order chi connectivity index (χ1) is 12.8. The number of halogens is 1. The van der Waals surface area contributed by atoms with Gasteiger partial charge in [0.2, 0.25) is 0 Å². The van der Waals surface area contributed by atoms with Gasteiger partial charge < -0.3 is 20.3 Å². The lowest BCUT2D eigenvalue weighted by Gasteiger charge is -2.33. The van der Waals surface area contributed by atoms with Gasteiger partial charge in [0.1, 0.15) is 5.60 Å². The number of hydrogen-bond donors (Lipinski definition) is 2. The van der Waals surface area contributed by atoms with E-state index in [1.807, 2.05) is 25.7 Å². The molecule has 1 amide bonds. The monoisotopic (exact) mass is 522 g/mol. The number of nitrogens with zero attached hydrogens (tertiary/aromatic N) is 2. The van der Waals surface area contributed by atoms with Crippen LogP contribution in [0.1, 0.15) is 50.3 Å². The lowest BCUT2D eigenvalue weighted by molar-refractivity contribution is 0.0185. The molecular formula is C20H35IN4O2S. The Morgan fingerprint density at radius 3 is 2.50 bits per heavy atom. The largest absolute Gasteiger partial charge is 0.444 e. The van der Waals surface area contributed by atoms with Crippen LogP contribution in [0, 0.1) is 12.8 Å². The minimum atomic E-state index is -0.437. The molecule has 2 rings (SSSR count). The Bertz CT molecular complexity index is 634. The van der Waals surface area contributed by atoms with E-state index in [1.54, 1.807) is 11.3 Å². The third-order valence-corrected chi connectivity index (χ3v) is 5.34. The molecule has 0 unspecified atom stereocenters. The molecule has 1 aliphatic rings. The summed E-state index contributed by atoms with van der Waals surface area (Å²) in [6, 6.07) is 4.27. The van der Waals surface area contributed by atoms with Gasteiger partial charge in [-0.2, -0.15) is 0 Å². The van der Waals surface area contributed by atoms with Crippen LogP contribution in [-0.2, 0) is 11.3 Å². The highest BCUT2D eigenvalue weighted by Gasteiger charge is 2.26. The first kappa shape index (κ1) is 25.0. The summed E-state index contributed by atoms with van der Waals surface area (Å²) in [7, 11) is 0. The molecule has 0 spiro atoms. The normalized spacial score (nSPS) is 15.8. The van der Waals surface area contributed by atoms with Gasteiger partial charge in [-0.3, -0.25) is 0 Å². The van der Waals surface area contributed by atoms with Gasteiger partial charge in [0.25, 0.3) is 0 Å². The zero-order valence-electron chi connectivity index (χ0n) is 17.7. The first-order valence-electron chi connectivity index (χ1n) is 9.82. The van der Waals surface area contributed by atoms with Gasteiger partial charge in [-0.25, -0.2) is 9.79 Å². The SMILES string of the molecule is CCNC(=NCc1ccc(C)s1)NCC1CCN(C(=O)OC(C)(C)C)CC1.I. The summed E-state index contributed by atoms with van der Waals surface area (Å²) in [6.45, 7) is 13.8. The minimum absolute atomic E-state index is 0. The number of thiophene rings is 1. The van der Waals surface area contributed by atoms with E-state index in [9.17, 15) is 4.79 Å². The second-order valence-electron chi connectivity index (χ2n) is 8.00. The van der Waals surface area contributed by atoms with Gasteiger partial charge in [0.05, 0.1) is 6.54 Å². The molecule has 28 heavy (non-hydrogen) atoms. The van der Waals surface area contributed by atoms with Gasteiger partial charge in [0, 0.05) is 35.9 Å². The van der Waals surface area contributed by atoms with Crippen molar-refractivity contribution in [1.82, 2.24) is 15.5 Å². The average molecular weight is 522 g/mol. The summed E-state index contributed by atoms with van der Waals surface area (Å²) in [5.74, 6) is 1.40. The number of nitrogens with one attached hydrogen (secondary N) is 2. The van der Waals surface area contributed by atoms with Crippen LogP contribution in [-0.4, -0.2) is 48.7 Å². The van der Waals surface area contributed by atoms with Crippen molar-refractivity contribution in [3.05, 3.63) is 21.9 Å². The molecule has 2 N–H and O–H groups in total. The quantitative estimate of drug-likeness (QED) is 0.343. The number of likely N-dealkylation sites (tertiary alicyclic amines) is 1. The summed E-state index contributed by atoms with van der Waals surface area (Å²) in [4.78, 5) is 21.2. The van der Waals surface area contributed by atoms with Gasteiger partial charge in [0.15, 0.2) is 5.96 Å². The van der Waals surface area contributed by atoms with Gasteiger partial charge in [-0.15, -0.1) is 35.3 Å². The smallest absolute Gasteiger partial charge is 0.410 e. The molecule has 6 nitrogen and oxygen atoms in total. The second-order valence-corrected chi connectivity index (χ2v) is 9.37. The van der Waals surface area contributed by atoms with Crippen LogP contribution in [0.15, 0.2) is 17.1 Å². The molecule has 0 aliphatic carbocycles. The molecule has 0 bridgehead atoms. The van der Waals surface area contributed by atoms with Crippen LogP contribution in [0.2, 0.25) is 0 Å². The highest BCUT2D eigenvalue weighted by Crippen LogP contribution is 2.19. The highest BCUT2D eigenvalue weighted by molar-refractivity contribution is 14.0. The van der Waals surface area contributed by atoms with E-state index in [4.69, 9.17) is 4.74 Å². The summed E-state index contributed by atoms with van der Waals surface area (Å²) in [5, 5.41) is 6.77. The third kappa shape index (κ3) is 8.98. The number of guanidine groups is 1. The number of amides is 1. The lowest BCUT2D eigenvalue weighted by atomic mass is 9.97. The second kappa shape index (κ2) is 11.8. The van der Waals surface area contributed by atoms with Crippen LogP contribution >= 0.6 is 35.3 Å². The average Bonchev–Trinajstić information content (AvgIpc) is 3.01. The van der Waals surface area contributed by atoms with Crippen LogP contribution in [0.25, 0.3) is 0 Å². The Hall–Kier alpha value is -1.03. The zero-order chi connectivity index (χ0) is 19.9. The molecule has 1 aromatic rings. The number of carbonyl (C=O) groups is 1. The molecule has 0 radical (unpaired) electrons. The minimum Gasteiger partial charge on any atom is -0.444 e. The van der Waals surface area contributed by atoms with E-state index in [2.05, 4.69) is 41.6 Å². The molecule has 1 fully saturated rings. The van der Waals surface area contributed by atoms with E-state index in [0.29, 0.717) is 12.5 Å². The Balaban J connectivity index is 0.00000392. The Morgan fingerprint density at radius 2 is 1.96 bits per heavy atom. The van der Waals surface area contributed by atoms with E-state index in [-0.39, 0.29) is 30.1 Å². The van der Waals surface area contributed by atoms with Crippen molar-refractivity contribution in [3.8, 4) is 0 Å². The third-order valence-electron chi connectivity index (χ3n) is 4.36. The van der Waals surface area contributed by atoms with Crippen LogP contribution in [0.3, 0.4) is 0 Å². The topological polar surface area (TPSA) is 66.0 Å². The first-order valence-corrected chi connectivity index (χ1v) is 10.6. The zero-order valence-corrected chi connectivity index (χ0v) is 20.9. The van der Waals surface area contributed by atoms with Crippen molar-refractivity contribution >= 4 is 47.4 Å². The van der Waals surface area contributed by atoms with Gasteiger partial charge in [-0.05, 0) is 65.5 Å². The molecule has 160 valence electrons. The Kier molecular flexibility index (Phi) is 10.6. The van der Waals surface area contributed by atoms with Gasteiger partial charge >= 0.3 is 6.09 Å². The van der Waals surface area contributed by atoms with Crippen LogP contribution in [0.5, 0.6) is 0 Å². The Morgan fingerprint density at radius 1 is 1.29 bits per heavy atom. The number of hydrogen-bond acceptors (Lipinski definition) is 4. The summed E-state index contributed by atoms with van der Waals surface area (Å²) in [5.41, 5.74) is -0.437. The predicted octanol–water partition coefficient (Wildman–Crippen LogP) is 4.38. The van der Waals surface area contributed by atoms with Crippen LogP contribution < -0.4 is 10.6 Å². The molecule has 0 aromatic carbocycles. The maximum atomic E-state index is 12.2. The summed E-state index contributed by atoms with van der Waals surface area (Å²) in [6.07, 6.45) is 1.76. The molecular weight excluding hydrogens is 487 g/mol.